The fourth-order valence-electron chi connectivity index (χ4n) is 1.77. The molecule has 2 aromatic rings. The molecule has 0 aliphatic heterocycles. The smallest absolute Gasteiger partial charge is 0.398 e. The first-order valence-corrected chi connectivity index (χ1v) is 5.12. The van der Waals surface area contributed by atoms with Crippen LogP contribution >= 0.6 is 0 Å². The molecule has 0 heterocycles. The molecule has 0 aliphatic carbocycles. The second-order valence-corrected chi connectivity index (χ2v) is 3.75. The van der Waals surface area contributed by atoms with Gasteiger partial charge in [0.25, 0.3) is 0 Å². The molecule has 0 amide bonds. The van der Waals surface area contributed by atoms with E-state index in [1.54, 1.807) is 0 Å². The average Bonchev–Trinajstić information content (AvgIpc) is 2.28. The van der Waals surface area contributed by atoms with Crippen molar-refractivity contribution in [3.63, 3.8) is 0 Å². The molecule has 0 bridgehead atoms. The highest BCUT2D eigenvalue weighted by atomic mass is 19.4. The minimum atomic E-state index is -4.55. The van der Waals surface area contributed by atoms with Gasteiger partial charge in [-0.05, 0) is 23.8 Å². The quantitative estimate of drug-likeness (QED) is 0.602. The van der Waals surface area contributed by atoms with Gasteiger partial charge in [-0.1, -0.05) is 24.3 Å². The van der Waals surface area contributed by atoms with Gasteiger partial charge in [-0.3, -0.25) is 0 Å². The lowest BCUT2D eigenvalue weighted by atomic mass is 9.97. The van der Waals surface area contributed by atoms with Crippen molar-refractivity contribution in [2.45, 2.75) is 6.18 Å². The summed E-state index contributed by atoms with van der Waals surface area (Å²) >= 11 is 0. The summed E-state index contributed by atoms with van der Waals surface area (Å²) in [4.78, 5) is 0. The summed E-state index contributed by atoms with van der Waals surface area (Å²) in [5.74, 6) is -0.772. The van der Waals surface area contributed by atoms with Crippen molar-refractivity contribution in [3.05, 3.63) is 53.8 Å². The van der Waals surface area contributed by atoms with Crippen LogP contribution in [0.15, 0.2) is 42.5 Å². The second kappa shape index (κ2) is 4.33. The maximum absolute atomic E-state index is 13.7. The predicted octanol–water partition coefficient (Wildman–Crippen LogP) is 4.09. The molecule has 0 fully saturated rings. The van der Waals surface area contributed by atoms with Crippen molar-refractivity contribution in [1.82, 2.24) is 0 Å². The summed E-state index contributed by atoms with van der Waals surface area (Å²) < 4.78 is 52.2. The lowest BCUT2D eigenvalue weighted by molar-refractivity contribution is -0.137. The number of hydrogen-bond acceptors (Lipinski definition) is 1. The standard InChI is InChI=1S/C13H9F4N/c14-10-6-3-7-11(18)12(10)8-4-1-2-5-9(8)13(15,16)17/h1-7H,18H2. The lowest BCUT2D eigenvalue weighted by Crippen LogP contribution is -2.08. The van der Waals surface area contributed by atoms with Gasteiger partial charge in [-0.2, -0.15) is 13.2 Å². The zero-order valence-electron chi connectivity index (χ0n) is 9.13. The van der Waals surface area contributed by atoms with Crippen LogP contribution in [0, 0.1) is 5.82 Å². The third-order valence-corrected chi connectivity index (χ3v) is 2.55. The molecule has 2 N–H and O–H groups in total. The third kappa shape index (κ3) is 2.16. The Kier molecular flexibility index (Phi) is 2.98. The number of hydrogen-bond donors (Lipinski definition) is 1. The molecular formula is C13H9F4N. The van der Waals surface area contributed by atoms with Gasteiger partial charge in [-0.25, -0.2) is 4.39 Å². The van der Waals surface area contributed by atoms with Gasteiger partial charge in [0, 0.05) is 11.3 Å². The molecular weight excluding hydrogens is 246 g/mol. The van der Waals surface area contributed by atoms with Crippen molar-refractivity contribution in [1.29, 1.82) is 0 Å². The van der Waals surface area contributed by atoms with E-state index < -0.39 is 17.6 Å². The number of benzene rings is 2. The third-order valence-electron chi connectivity index (χ3n) is 2.55. The van der Waals surface area contributed by atoms with E-state index in [4.69, 9.17) is 5.73 Å². The summed E-state index contributed by atoms with van der Waals surface area (Å²) in [7, 11) is 0. The Bertz CT molecular complexity index is 555. The fourth-order valence-corrected chi connectivity index (χ4v) is 1.77. The summed E-state index contributed by atoms with van der Waals surface area (Å²) in [6.07, 6.45) is -4.55. The van der Waals surface area contributed by atoms with E-state index in [-0.39, 0.29) is 16.8 Å². The minimum absolute atomic E-state index is 0.0216. The van der Waals surface area contributed by atoms with Crippen LogP contribution in [0.5, 0.6) is 0 Å². The van der Waals surface area contributed by atoms with Gasteiger partial charge >= 0.3 is 6.18 Å². The SMILES string of the molecule is Nc1cccc(F)c1-c1ccccc1C(F)(F)F. The van der Waals surface area contributed by atoms with E-state index >= 15 is 0 Å². The molecule has 0 saturated heterocycles. The first-order valence-electron chi connectivity index (χ1n) is 5.12. The average molecular weight is 255 g/mol. The molecule has 94 valence electrons. The van der Waals surface area contributed by atoms with Crippen LogP contribution in [0.4, 0.5) is 23.2 Å². The molecule has 0 unspecified atom stereocenters. The van der Waals surface area contributed by atoms with Crippen molar-refractivity contribution in [2.24, 2.45) is 0 Å². The first kappa shape index (κ1) is 12.4. The fraction of sp³-hybridized carbons (Fsp3) is 0.0769. The summed E-state index contributed by atoms with van der Waals surface area (Å²) in [5, 5.41) is 0. The number of halogens is 4. The van der Waals surface area contributed by atoms with E-state index in [0.717, 1.165) is 12.1 Å². The van der Waals surface area contributed by atoms with Crippen molar-refractivity contribution in [3.8, 4) is 11.1 Å². The van der Waals surface area contributed by atoms with E-state index in [1.165, 1.54) is 30.3 Å². The second-order valence-electron chi connectivity index (χ2n) is 3.75. The number of anilines is 1. The van der Waals surface area contributed by atoms with Crippen molar-refractivity contribution >= 4 is 5.69 Å². The highest BCUT2D eigenvalue weighted by molar-refractivity contribution is 5.79. The highest BCUT2D eigenvalue weighted by Gasteiger charge is 2.34. The molecule has 0 radical (unpaired) electrons. The van der Waals surface area contributed by atoms with E-state index in [2.05, 4.69) is 0 Å². The normalized spacial score (nSPS) is 11.6. The molecule has 18 heavy (non-hydrogen) atoms. The van der Waals surface area contributed by atoms with Crippen molar-refractivity contribution in [2.75, 3.05) is 5.73 Å². The van der Waals surface area contributed by atoms with E-state index in [9.17, 15) is 17.6 Å². The Morgan fingerprint density at radius 3 is 2.17 bits per heavy atom. The maximum Gasteiger partial charge on any atom is 0.417 e. The van der Waals surface area contributed by atoms with Crippen LogP contribution in [-0.2, 0) is 6.18 Å². The summed E-state index contributed by atoms with van der Waals surface area (Å²) in [6.45, 7) is 0. The monoisotopic (exact) mass is 255 g/mol. The van der Waals surface area contributed by atoms with Crippen LogP contribution < -0.4 is 5.73 Å². The summed E-state index contributed by atoms with van der Waals surface area (Å²) in [6, 6.07) is 8.58. The zero-order valence-corrected chi connectivity index (χ0v) is 9.13. The van der Waals surface area contributed by atoms with Gasteiger partial charge in [-0.15, -0.1) is 0 Å². The van der Waals surface area contributed by atoms with Crippen LogP contribution in [-0.4, -0.2) is 0 Å². The number of nitrogens with two attached hydrogens (primary N) is 1. The molecule has 0 atom stereocenters. The van der Waals surface area contributed by atoms with Gasteiger partial charge in [0.15, 0.2) is 0 Å². The largest absolute Gasteiger partial charge is 0.417 e. The molecule has 0 aromatic heterocycles. The molecule has 0 spiro atoms. The van der Waals surface area contributed by atoms with Gasteiger partial charge in [0.2, 0.25) is 0 Å². The van der Waals surface area contributed by atoms with Crippen LogP contribution in [0.25, 0.3) is 11.1 Å². The Morgan fingerprint density at radius 2 is 1.56 bits per heavy atom. The minimum Gasteiger partial charge on any atom is -0.398 e. The van der Waals surface area contributed by atoms with Gasteiger partial charge in [0.1, 0.15) is 5.82 Å². The Hall–Kier alpha value is -2.04. The van der Waals surface area contributed by atoms with Crippen molar-refractivity contribution < 1.29 is 17.6 Å². The van der Waals surface area contributed by atoms with Crippen LogP contribution in [0.3, 0.4) is 0 Å². The molecule has 0 aliphatic rings. The molecule has 1 nitrogen and oxygen atoms in total. The molecule has 5 heteroatoms. The van der Waals surface area contributed by atoms with Crippen LogP contribution in [0.2, 0.25) is 0 Å². The maximum atomic E-state index is 13.7. The highest BCUT2D eigenvalue weighted by Crippen LogP contribution is 2.39. The van der Waals surface area contributed by atoms with E-state index in [1.807, 2.05) is 0 Å². The molecule has 0 saturated carbocycles. The number of alkyl halides is 3. The Morgan fingerprint density at radius 1 is 0.889 bits per heavy atom. The molecule has 2 aromatic carbocycles. The first-order chi connectivity index (χ1) is 8.41. The zero-order chi connectivity index (χ0) is 13.3. The van der Waals surface area contributed by atoms with Crippen LogP contribution in [0.1, 0.15) is 5.56 Å². The Labute approximate surface area is 101 Å². The predicted molar refractivity (Wildman–Crippen MR) is 61.3 cm³/mol. The van der Waals surface area contributed by atoms with Gasteiger partial charge < -0.3 is 5.73 Å². The topological polar surface area (TPSA) is 26.0 Å². The number of nitrogen functional groups attached to an aromatic ring is 1. The van der Waals surface area contributed by atoms with Gasteiger partial charge in [0.05, 0.1) is 5.56 Å². The van der Waals surface area contributed by atoms with E-state index in [0.29, 0.717) is 0 Å². The lowest BCUT2D eigenvalue weighted by Gasteiger charge is -2.14. The molecule has 2 rings (SSSR count). The summed E-state index contributed by atoms with van der Waals surface area (Å²) in [5.41, 5.74) is 4.17. The Balaban J connectivity index is 2.73. The number of rotatable bonds is 1.